The van der Waals surface area contributed by atoms with E-state index < -0.39 is 6.40 Å². The SMILES string of the molecule is [2H]c1ccccc1C([2H])c1ccccc1. The van der Waals surface area contributed by atoms with Gasteiger partial charge in [0.05, 0.1) is 1.37 Å². The van der Waals surface area contributed by atoms with E-state index in [0.29, 0.717) is 6.04 Å². The highest BCUT2D eigenvalue weighted by Gasteiger charge is 1.92. The molecule has 0 aliphatic rings. The maximum Gasteiger partial charge on any atom is 0.0626 e. The fourth-order valence-electron chi connectivity index (χ4n) is 1.23. The Kier molecular flexibility index (Phi) is 1.80. The second-order valence-corrected chi connectivity index (χ2v) is 2.87. The summed E-state index contributed by atoms with van der Waals surface area (Å²) < 4.78 is 15.8. The average molecular weight is 170 g/mol. The summed E-state index contributed by atoms with van der Waals surface area (Å²) in [6.07, 6.45) is -0.458. The highest BCUT2D eigenvalue weighted by Crippen LogP contribution is 2.07. The monoisotopic (exact) mass is 170 g/mol. The molecule has 0 heteroatoms. The van der Waals surface area contributed by atoms with Crippen molar-refractivity contribution in [1.29, 1.82) is 0 Å². The van der Waals surface area contributed by atoms with Crippen LogP contribution in [-0.2, 0) is 6.40 Å². The van der Waals surface area contributed by atoms with Crippen molar-refractivity contribution in [1.82, 2.24) is 0 Å². The molecular formula is C13H12. The molecule has 0 fully saturated rings. The van der Waals surface area contributed by atoms with Crippen LogP contribution in [0.5, 0.6) is 0 Å². The molecule has 1 unspecified atom stereocenters. The van der Waals surface area contributed by atoms with Crippen molar-refractivity contribution in [3.63, 3.8) is 0 Å². The molecule has 13 heavy (non-hydrogen) atoms. The first-order chi connectivity index (χ1) is 7.29. The van der Waals surface area contributed by atoms with E-state index in [1.54, 1.807) is 6.07 Å². The second kappa shape index (κ2) is 3.90. The van der Waals surface area contributed by atoms with Crippen LogP contribution in [0.1, 0.15) is 13.9 Å². The van der Waals surface area contributed by atoms with Gasteiger partial charge in [-0.15, -0.1) is 0 Å². The third-order valence-electron chi connectivity index (χ3n) is 1.85. The Hall–Kier alpha value is -1.56. The van der Waals surface area contributed by atoms with Crippen LogP contribution in [0, 0.1) is 0 Å². The van der Waals surface area contributed by atoms with Crippen molar-refractivity contribution in [2.75, 3.05) is 0 Å². The summed E-state index contributed by atoms with van der Waals surface area (Å²) in [6.45, 7) is 0. The number of rotatable bonds is 2. The van der Waals surface area contributed by atoms with Gasteiger partial charge < -0.3 is 0 Å². The Morgan fingerprint density at radius 3 is 2.15 bits per heavy atom. The molecule has 1 atom stereocenters. The summed E-state index contributed by atoms with van der Waals surface area (Å²) >= 11 is 0. The third kappa shape index (κ3) is 2.19. The Morgan fingerprint density at radius 2 is 1.46 bits per heavy atom. The van der Waals surface area contributed by atoms with Crippen LogP contribution < -0.4 is 0 Å². The zero-order chi connectivity index (χ0) is 10.7. The number of hydrogen-bond donors (Lipinski definition) is 0. The lowest BCUT2D eigenvalue weighted by molar-refractivity contribution is 1.19. The van der Waals surface area contributed by atoms with E-state index >= 15 is 0 Å². The van der Waals surface area contributed by atoms with Crippen LogP contribution in [-0.4, -0.2) is 0 Å². The summed E-state index contributed by atoms with van der Waals surface area (Å²) in [5.74, 6) is 0. The maximum atomic E-state index is 8.07. The van der Waals surface area contributed by atoms with Crippen molar-refractivity contribution in [2.45, 2.75) is 6.40 Å². The minimum Gasteiger partial charge on any atom is -0.0622 e. The van der Waals surface area contributed by atoms with E-state index in [4.69, 9.17) is 2.74 Å². The predicted octanol–water partition coefficient (Wildman–Crippen LogP) is 3.28. The van der Waals surface area contributed by atoms with Crippen molar-refractivity contribution in [2.24, 2.45) is 0 Å². The van der Waals surface area contributed by atoms with E-state index in [9.17, 15) is 0 Å². The van der Waals surface area contributed by atoms with Gasteiger partial charge in [-0.1, -0.05) is 60.6 Å². The van der Waals surface area contributed by atoms with E-state index in [2.05, 4.69) is 0 Å². The normalized spacial score (nSPS) is 14.5. The van der Waals surface area contributed by atoms with Crippen LogP contribution in [0.15, 0.2) is 60.6 Å². The Balaban J connectivity index is 2.37. The van der Waals surface area contributed by atoms with Gasteiger partial charge in [-0.05, 0) is 17.5 Å². The van der Waals surface area contributed by atoms with E-state index in [1.807, 2.05) is 48.5 Å². The summed E-state index contributed by atoms with van der Waals surface area (Å²) in [5, 5.41) is 0. The van der Waals surface area contributed by atoms with Gasteiger partial charge in [-0.25, -0.2) is 0 Å². The van der Waals surface area contributed by atoms with Crippen LogP contribution in [0.4, 0.5) is 0 Å². The minimum absolute atomic E-state index is 0.432. The lowest BCUT2D eigenvalue weighted by atomic mass is 10.1. The van der Waals surface area contributed by atoms with Gasteiger partial charge in [-0.2, -0.15) is 0 Å². The highest BCUT2D eigenvalue weighted by atomic mass is 14.0. The van der Waals surface area contributed by atoms with Gasteiger partial charge in [0.15, 0.2) is 0 Å². The molecule has 0 heterocycles. The van der Waals surface area contributed by atoms with Crippen LogP contribution in [0.2, 0.25) is 0 Å². The largest absolute Gasteiger partial charge is 0.0626 e. The first-order valence-corrected chi connectivity index (χ1v) is 4.32. The fraction of sp³-hybridized carbons (Fsp3) is 0.0769. The molecule has 0 saturated carbocycles. The van der Waals surface area contributed by atoms with Crippen molar-refractivity contribution in [3.05, 3.63) is 71.8 Å². The van der Waals surface area contributed by atoms with Gasteiger partial charge in [0.1, 0.15) is 0 Å². The lowest BCUT2D eigenvalue weighted by Crippen LogP contribution is -1.85. The molecule has 0 amide bonds. The van der Waals surface area contributed by atoms with E-state index in [-0.39, 0.29) is 0 Å². The van der Waals surface area contributed by atoms with Crippen molar-refractivity contribution < 1.29 is 2.74 Å². The molecule has 0 aliphatic carbocycles. The van der Waals surface area contributed by atoms with Gasteiger partial charge in [0, 0.05) is 1.37 Å². The van der Waals surface area contributed by atoms with Crippen molar-refractivity contribution >= 4 is 0 Å². The minimum atomic E-state index is -0.458. The molecule has 0 radical (unpaired) electrons. The molecule has 2 aromatic carbocycles. The molecule has 0 aliphatic heterocycles. The topological polar surface area (TPSA) is 0 Å². The van der Waals surface area contributed by atoms with Crippen LogP contribution >= 0.6 is 0 Å². The summed E-state index contributed by atoms with van der Waals surface area (Å²) in [6, 6.07) is 17.3. The number of hydrogen-bond acceptors (Lipinski definition) is 0. The molecule has 64 valence electrons. The average Bonchev–Trinajstić information content (AvgIpc) is 2.30. The predicted molar refractivity (Wildman–Crippen MR) is 55.7 cm³/mol. The van der Waals surface area contributed by atoms with Crippen molar-refractivity contribution in [3.8, 4) is 0 Å². The second-order valence-electron chi connectivity index (χ2n) is 2.87. The maximum absolute atomic E-state index is 8.07. The molecule has 0 N–H and O–H groups in total. The molecule has 0 spiro atoms. The smallest absolute Gasteiger partial charge is 0.0622 e. The summed E-state index contributed by atoms with van der Waals surface area (Å²) in [7, 11) is 0. The molecule has 2 aromatic rings. The van der Waals surface area contributed by atoms with Crippen LogP contribution in [0.3, 0.4) is 0 Å². The summed E-state index contributed by atoms with van der Waals surface area (Å²) in [5.41, 5.74) is 1.68. The fourth-order valence-corrected chi connectivity index (χ4v) is 1.23. The number of benzene rings is 2. The first-order valence-electron chi connectivity index (χ1n) is 5.39. The van der Waals surface area contributed by atoms with Gasteiger partial charge in [0.25, 0.3) is 0 Å². The molecule has 0 bridgehead atoms. The lowest BCUT2D eigenvalue weighted by Gasteiger charge is -2.00. The molecule has 0 saturated heterocycles. The van der Waals surface area contributed by atoms with E-state index in [1.165, 1.54) is 0 Å². The zero-order valence-electron chi connectivity index (χ0n) is 9.27. The Bertz CT molecular complexity index is 437. The van der Waals surface area contributed by atoms with E-state index in [0.717, 1.165) is 11.1 Å². The first kappa shape index (κ1) is 5.98. The Morgan fingerprint density at radius 1 is 0.846 bits per heavy atom. The van der Waals surface area contributed by atoms with Gasteiger partial charge in [0.2, 0.25) is 0 Å². The Labute approximate surface area is 81.7 Å². The third-order valence-corrected chi connectivity index (χ3v) is 1.85. The molecule has 2 rings (SSSR count). The molecule has 0 aromatic heterocycles. The molecular weight excluding hydrogens is 156 g/mol. The standard InChI is InChI=1S/C13H12/c1-3-7-12(8-4-1)11-13-9-5-2-6-10-13/h1-10H,11H2/i7D,11D. The quantitative estimate of drug-likeness (QED) is 0.649. The summed E-state index contributed by atoms with van der Waals surface area (Å²) in [4.78, 5) is 0. The molecule has 0 nitrogen and oxygen atoms in total. The highest BCUT2D eigenvalue weighted by molar-refractivity contribution is 5.25. The van der Waals surface area contributed by atoms with Crippen LogP contribution in [0.25, 0.3) is 0 Å². The zero-order valence-corrected chi connectivity index (χ0v) is 7.27. The van der Waals surface area contributed by atoms with Gasteiger partial charge >= 0.3 is 0 Å². The van der Waals surface area contributed by atoms with Gasteiger partial charge in [-0.3, -0.25) is 0 Å².